The van der Waals surface area contributed by atoms with Crippen molar-refractivity contribution in [2.75, 3.05) is 6.54 Å². The van der Waals surface area contributed by atoms with Gasteiger partial charge in [0.1, 0.15) is 0 Å². The smallest absolute Gasteiger partial charge is 0.0980 e. The number of benzene rings is 1. The Morgan fingerprint density at radius 3 is 2.62 bits per heavy atom. The van der Waals surface area contributed by atoms with Crippen molar-refractivity contribution in [3.63, 3.8) is 0 Å². The third-order valence-corrected chi connectivity index (χ3v) is 3.94. The molecule has 1 unspecified atom stereocenters. The van der Waals surface area contributed by atoms with Crippen molar-refractivity contribution < 1.29 is 4.42 Å². The standard InChI is InChI=1S/C19H25NO/c1-3-5-16(4-2)10-12-20-14-17-6-8-18(9-7-17)19-11-13-21-15-19/h3,6-9,11,13,15-16,20H,1,4-5,10,12,14H2,2H3. The highest BCUT2D eigenvalue weighted by atomic mass is 16.3. The van der Waals surface area contributed by atoms with Gasteiger partial charge in [0.05, 0.1) is 12.5 Å². The van der Waals surface area contributed by atoms with Gasteiger partial charge < -0.3 is 9.73 Å². The molecule has 1 atom stereocenters. The van der Waals surface area contributed by atoms with E-state index >= 15 is 0 Å². The van der Waals surface area contributed by atoms with Crippen LogP contribution in [0.1, 0.15) is 31.7 Å². The van der Waals surface area contributed by atoms with Crippen molar-refractivity contribution in [1.29, 1.82) is 0 Å². The lowest BCUT2D eigenvalue weighted by molar-refractivity contribution is 0.456. The molecule has 0 bridgehead atoms. The highest BCUT2D eigenvalue weighted by Gasteiger charge is 2.03. The van der Waals surface area contributed by atoms with Crippen LogP contribution in [0.25, 0.3) is 11.1 Å². The van der Waals surface area contributed by atoms with Crippen LogP contribution < -0.4 is 5.32 Å². The van der Waals surface area contributed by atoms with Crippen LogP contribution in [0, 0.1) is 5.92 Å². The Balaban J connectivity index is 1.75. The number of furan rings is 1. The third kappa shape index (κ3) is 4.91. The molecule has 1 N–H and O–H groups in total. The average Bonchev–Trinajstić information content (AvgIpc) is 3.05. The molecule has 0 aliphatic carbocycles. The highest BCUT2D eigenvalue weighted by Crippen LogP contribution is 2.20. The Labute approximate surface area is 127 Å². The first-order valence-corrected chi connectivity index (χ1v) is 7.76. The molecule has 0 radical (unpaired) electrons. The SMILES string of the molecule is C=CCC(CC)CCNCc1ccc(-c2ccoc2)cc1. The molecule has 0 amide bonds. The first-order valence-electron chi connectivity index (χ1n) is 7.76. The van der Waals surface area contributed by atoms with Gasteiger partial charge in [-0.15, -0.1) is 6.58 Å². The molecule has 1 heterocycles. The van der Waals surface area contributed by atoms with E-state index in [0.29, 0.717) is 0 Å². The van der Waals surface area contributed by atoms with E-state index in [1.165, 1.54) is 24.0 Å². The molecule has 0 spiro atoms. The Morgan fingerprint density at radius 1 is 1.19 bits per heavy atom. The van der Waals surface area contributed by atoms with Crippen LogP contribution in [0.15, 0.2) is 59.9 Å². The zero-order chi connectivity index (χ0) is 14.9. The van der Waals surface area contributed by atoms with E-state index in [9.17, 15) is 0 Å². The summed E-state index contributed by atoms with van der Waals surface area (Å²) in [7, 11) is 0. The van der Waals surface area contributed by atoms with E-state index in [1.807, 2.05) is 12.1 Å². The van der Waals surface area contributed by atoms with Crippen molar-refractivity contribution in [2.45, 2.75) is 32.7 Å². The molecule has 2 nitrogen and oxygen atoms in total. The summed E-state index contributed by atoms with van der Waals surface area (Å²) in [6.45, 7) is 8.07. The fraction of sp³-hybridized carbons (Fsp3) is 0.368. The van der Waals surface area contributed by atoms with Crippen molar-refractivity contribution in [3.05, 3.63) is 61.1 Å². The molecule has 0 fully saturated rings. The fourth-order valence-electron chi connectivity index (χ4n) is 2.51. The lowest BCUT2D eigenvalue weighted by atomic mass is 9.98. The monoisotopic (exact) mass is 283 g/mol. The van der Waals surface area contributed by atoms with Gasteiger partial charge in [0.15, 0.2) is 0 Å². The topological polar surface area (TPSA) is 25.2 Å². The van der Waals surface area contributed by atoms with Crippen molar-refractivity contribution in [3.8, 4) is 11.1 Å². The largest absolute Gasteiger partial charge is 0.472 e. The zero-order valence-corrected chi connectivity index (χ0v) is 12.8. The van der Waals surface area contributed by atoms with Gasteiger partial charge in [-0.05, 0) is 42.5 Å². The maximum atomic E-state index is 5.11. The van der Waals surface area contributed by atoms with Gasteiger partial charge in [-0.3, -0.25) is 0 Å². The van der Waals surface area contributed by atoms with Crippen molar-refractivity contribution in [1.82, 2.24) is 5.32 Å². The summed E-state index contributed by atoms with van der Waals surface area (Å²) in [5.74, 6) is 0.762. The van der Waals surface area contributed by atoms with Crippen LogP contribution in [0.3, 0.4) is 0 Å². The maximum absolute atomic E-state index is 5.11. The molecular formula is C19H25NO. The second-order valence-corrected chi connectivity index (χ2v) is 5.47. The van der Waals surface area contributed by atoms with E-state index in [4.69, 9.17) is 4.42 Å². The van der Waals surface area contributed by atoms with Gasteiger partial charge >= 0.3 is 0 Å². The predicted octanol–water partition coefficient (Wildman–Crippen LogP) is 5.03. The predicted molar refractivity (Wildman–Crippen MR) is 89.1 cm³/mol. The fourth-order valence-corrected chi connectivity index (χ4v) is 2.51. The summed E-state index contributed by atoms with van der Waals surface area (Å²) in [4.78, 5) is 0. The first kappa shape index (κ1) is 15.6. The summed E-state index contributed by atoms with van der Waals surface area (Å²) in [5, 5.41) is 3.53. The third-order valence-electron chi connectivity index (χ3n) is 3.94. The molecule has 2 rings (SSSR count). The Kier molecular flexibility index (Phi) is 6.29. The van der Waals surface area contributed by atoms with E-state index in [0.717, 1.165) is 31.0 Å². The van der Waals surface area contributed by atoms with Crippen LogP contribution in [0.2, 0.25) is 0 Å². The Hall–Kier alpha value is -1.80. The Morgan fingerprint density at radius 2 is 2.00 bits per heavy atom. The summed E-state index contributed by atoms with van der Waals surface area (Å²) < 4.78 is 5.11. The number of rotatable bonds is 9. The molecular weight excluding hydrogens is 258 g/mol. The minimum absolute atomic E-state index is 0.762. The summed E-state index contributed by atoms with van der Waals surface area (Å²) in [6.07, 6.45) is 9.08. The molecule has 112 valence electrons. The second-order valence-electron chi connectivity index (χ2n) is 5.47. The zero-order valence-electron chi connectivity index (χ0n) is 12.8. The van der Waals surface area contributed by atoms with Gasteiger partial charge in [0.2, 0.25) is 0 Å². The number of hydrogen-bond donors (Lipinski definition) is 1. The molecule has 2 heteroatoms. The quantitative estimate of drug-likeness (QED) is 0.516. The molecule has 2 aromatic rings. The summed E-state index contributed by atoms with van der Waals surface area (Å²) in [5.41, 5.74) is 3.65. The second kappa shape index (κ2) is 8.48. The molecule has 1 aromatic carbocycles. The summed E-state index contributed by atoms with van der Waals surface area (Å²) >= 11 is 0. The van der Waals surface area contributed by atoms with Crippen LogP contribution in [0.4, 0.5) is 0 Å². The minimum Gasteiger partial charge on any atom is -0.472 e. The van der Waals surface area contributed by atoms with Crippen LogP contribution >= 0.6 is 0 Å². The normalized spacial score (nSPS) is 12.2. The molecule has 21 heavy (non-hydrogen) atoms. The molecule has 0 aliphatic heterocycles. The molecule has 0 saturated carbocycles. The van der Waals surface area contributed by atoms with Gasteiger partial charge in [-0.1, -0.05) is 43.7 Å². The lowest BCUT2D eigenvalue weighted by Crippen LogP contribution is -2.17. The molecule has 1 aromatic heterocycles. The summed E-state index contributed by atoms with van der Waals surface area (Å²) in [6, 6.07) is 10.6. The van der Waals surface area contributed by atoms with Gasteiger partial charge in [-0.2, -0.15) is 0 Å². The number of hydrogen-bond acceptors (Lipinski definition) is 2. The van der Waals surface area contributed by atoms with Crippen molar-refractivity contribution in [2.24, 2.45) is 5.92 Å². The van der Waals surface area contributed by atoms with E-state index in [2.05, 4.69) is 43.1 Å². The lowest BCUT2D eigenvalue weighted by Gasteiger charge is -2.13. The van der Waals surface area contributed by atoms with E-state index < -0.39 is 0 Å². The minimum atomic E-state index is 0.762. The number of nitrogens with one attached hydrogen (secondary N) is 1. The van der Waals surface area contributed by atoms with Crippen LogP contribution in [-0.4, -0.2) is 6.54 Å². The van der Waals surface area contributed by atoms with Crippen LogP contribution in [0.5, 0.6) is 0 Å². The van der Waals surface area contributed by atoms with Gasteiger partial charge in [0.25, 0.3) is 0 Å². The molecule has 0 aliphatic rings. The van der Waals surface area contributed by atoms with E-state index in [-0.39, 0.29) is 0 Å². The molecule has 0 saturated heterocycles. The average molecular weight is 283 g/mol. The maximum Gasteiger partial charge on any atom is 0.0980 e. The van der Waals surface area contributed by atoms with Gasteiger partial charge in [-0.25, -0.2) is 0 Å². The van der Waals surface area contributed by atoms with Crippen molar-refractivity contribution >= 4 is 0 Å². The Bertz CT molecular complexity index is 513. The number of allylic oxidation sites excluding steroid dienone is 1. The van der Waals surface area contributed by atoms with E-state index in [1.54, 1.807) is 12.5 Å². The van der Waals surface area contributed by atoms with Crippen LogP contribution in [-0.2, 0) is 6.54 Å². The highest BCUT2D eigenvalue weighted by molar-refractivity contribution is 5.62. The first-order chi connectivity index (χ1) is 10.3. The van der Waals surface area contributed by atoms with Gasteiger partial charge in [0, 0.05) is 12.1 Å².